The van der Waals surface area contributed by atoms with Crippen molar-refractivity contribution in [2.45, 2.75) is 136 Å². The molecule has 0 aliphatic heterocycles. The average Bonchev–Trinajstić information content (AvgIpc) is 2.63. The Balaban J connectivity index is 0. The standard InChI is InChI=1S/C14H28O2.C9H18O2/c1-2-3-4-5-6-7-8-9-10-11-12-13-14(15)16;1-2-3-4-5-6-7-8-9(10)11/h2-13H2,1H3,(H,15,16);2-8H2,1H3,(H,10,11). The van der Waals surface area contributed by atoms with Gasteiger partial charge in [-0.25, -0.2) is 0 Å². The summed E-state index contributed by atoms with van der Waals surface area (Å²) < 4.78 is 0. The number of unbranched alkanes of at least 4 members (excludes halogenated alkanes) is 15. The van der Waals surface area contributed by atoms with Crippen molar-refractivity contribution >= 4 is 11.9 Å². The SMILES string of the molecule is CCCCCCCCC(=O)O.CCCCCCCCCCCCCC(=O)O. The van der Waals surface area contributed by atoms with E-state index in [9.17, 15) is 9.59 Å². The molecule has 0 unspecified atom stereocenters. The minimum atomic E-state index is -0.666. The van der Waals surface area contributed by atoms with Crippen molar-refractivity contribution in [2.75, 3.05) is 0 Å². The van der Waals surface area contributed by atoms with Gasteiger partial charge >= 0.3 is 11.9 Å². The van der Waals surface area contributed by atoms with Gasteiger partial charge in [-0.3, -0.25) is 9.59 Å². The smallest absolute Gasteiger partial charge is 0.303 e. The third-order valence-corrected chi connectivity index (χ3v) is 4.74. The molecule has 162 valence electrons. The number of carboxylic acid groups (broad SMARTS) is 2. The molecule has 0 fully saturated rings. The molecule has 4 heteroatoms. The van der Waals surface area contributed by atoms with Crippen molar-refractivity contribution in [3.8, 4) is 0 Å². The summed E-state index contributed by atoms with van der Waals surface area (Å²) in [7, 11) is 0. The van der Waals surface area contributed by atoms with E-state index in [0.717, 1.165) is 25.7 Å². The maximum Gasteiger partial charge on any atom is 0.303 e. The first-order valence-corrected chi connectivity index (χ1v) is 11.5. The second kappa shape index (κ2) is 24.9. The van der Waals surface area contributed by atoms with Gasteiger partial charge in [0.15, 0.2) is 0 Å². The predicted molar refractivity (Wildman–Crippen MR) is 114 cm³/mol. The Morgan fingerprint density at radius 3 is 0.889 bits per heavy atom. The van der Waals surface area contributed by atoms with Crippen LogP contribution in [0, 0.1) is 0 Å². The molecular weight excluding hydrogens is 340 g/mol. The third kappa shape index (κ3) is 33.0. The number of hydrogen-bond acceptors (Lipinski definition) is 2. The normalized spacial score (nSPS) is 10.3. The molecular formula is C23H46O4. The minimum absolute atomic E-state index is 0.339. The van der Waals surface area contributed by atoms with Crippen LogP contribution in [-0.4, -0.2) is 22.2 Å². The minimum Gasteiger partial charge on any atom is -0.481 e. The molecule has 0 radical (unpaired) electrons. The van der Waals surface area contributed by atoms with Crippen molar-refractivity contribution in [3.05, 3.63) is 0 Å². The Kier molecular flexibility index (Phi) is 26.0. The van der Waals surface area contributed by atoms with Crippen molar-refractivity contribution < 1.29 is 19.8 Å². The number of carbonyl (C=O) groups is 2. The van der Waals surface area contributed by atoms with Crippen LogP contribution >= 0.6 is 0 Å². The van der Waals surface area contributed by atoms with Gasteiger partial charge in [0, 0.05) is 12.8 Å². The average molecular weight is 387 g/mol. The van der Waals surface area contributed by atoms with Crippen molar-refractivity contribution in [1.29, 1.82) is 0 Å². The monoisotopic (exact) mass is 386 g/mol. The van der Waals surface area contributed by atoms with Crippen LogP contribution in [0.5, 0.6) is 0 Å². The van der Waals surface area contributed by atoms with Gasteiger partial charge in [0.1, 0.15) is 0 Å². The molecule has 0 heterocycles. The molecule has 2 N–H and O–H groups in total. The van der Waals surface area contributed by atoms with Gasteiger partial charge < -0.3 is 10.2 Å². The van der Waals surface area contributed by atoms with E-state index in [1.807, 2.05) is 0 Å². The highest BCUT2D eigenvalue weighted by Crippen LogP contribution is 2.11. The summed E-state index contributed by atoms with van der Waals surface area (Å²) in [5, 5.41) is 16.8. The van der Waals surface area contributed by atoms with E-state index in [1.165, 1.54) is 83.5 Å². The topological polar surface area (TPSA) is 74.6 Å². The molecule has 0 saturated heterocycles. The molecule has 4 nitrogen and oxygen atoms in total. The van der Waals surface area contributed by atoms with Crippen molar-refractivity contribution in [2.24, 2.45) is 0 Å². The summed E-state index contributed by atoms with van der Waals surface area (Å²) in [6.45, 7) is 4.42. The number of rotatable bonds is 19. The quantitative estimate of drug-likeness (QED) is 0.224. The summed E-state index contributed by atoms with van der Waals surface area (Å²) in [5.41, 5.74) is 0. The molecule has 27 heavy (non-hydrogen) atoms. The maximum absolute atomic E-state index is 10.3. The second-order valence-corrected chi connectivity index (χ2v) is 7.59. The van der Waals surface area contributed by atoms with Gasteiger partial charge in [0.2, 0.25) is 0 Å². The number of hydrogen-bond donors (Lipinski definition) is 2. The van der Waals surface area contributed by atoms with Gasteiger partial charge in [0.05, 0.1) is 0 Å². The predicted octanol–water partition coefficient (Wildman–Crippen LogP) is 7.59. The van der Waals surface area contributed by atoms with Crippen LogP contribution in [0.15, 0.2) is 0 Å². The van der Waals surface area contributed by atoms with Crippen LogP contribution in [0.2, 0.25) is 0 Å². The zero-order valence-corrected chi connectivity index (χ0v) is 18.1. The molecule has 0 aliphatic carbocycles. The first-order chi connectivity index (χ1) is 13.0. The molecule has 0 rings (SSSR count). The Bertz CT molecular complexity index is 316. The van der Waals surface area contributed by atoms with Crippen LogP contribution in [-0.2, 0) is 9.59 Å². The summed E-state index contributed by atoms with van der Waals surface area (Å²) in [5.74, 6) is -1.32. The fourth-order valence-electron chi connectivity index (χ4n) is 3.00. The molecule has 0 spiro atoms. The van der Waals surface area contributed by atoms with Crippen LogP contribution in [0.4, 0.5) is 0 Å². The molecule has 0 aromatic carbocycles. The maximum atomic E-state index is 10.3. The molecule has 0 atom stereocenters. The highest BCUT2D eigenvalue weighted by molar-refractivity contribution is 5.66. The number of aliphatic carboxylic acids is 2. The number of carboxylic acids is 2. The fourth-order valence-corrected chi connectivity index (χ4v) is 3.00. The van der Waals surface area contributed by atoms with E-state index >= 15 is 0 Å². The van der Waals surface area contributed by atoms with E-state index in [-0.39, 0.29) is 0 Å². The lowest BCUT2D eigenvalue weighted by atomic mass is 10.1. The third-order valence-electron chi connectivity index (χ3n) is 4.74. The van der Waals surface area contributed by atoms with Crippen LogP contribution in [0.1, 0.15) is 136 Å². The second-order valence-electron chi connectivity index (χ2n) is 7.59. The highest BCUT2D eigenvalue weighted by Gasteiger charge is 1.97. The van der Waals surface area contributed by atoms with Crippen LogP contribution in [0.25, 0.3) is 0 Å². The lowest BCUT2D eigenvalue weighted by Crippen LogP contribution is -1.93. The summed E-state index contributed by atoms with van der Waals surface area (Å²) >= 11 is 0. The van der Waals surface area contributed by atoms with Crippen LogP contribution < -0.4 is 0 Å². The Labute approximate surface area is 168 Å². The summed E-state index contributed by atoms with van der Waals surface area (Å²) in [6, 6.07) is 0. The molecule has 0 aliphatic rings. The molecule has 0 bridgehead atoms. The van der Waals surface area contributed by atoms with E-state index < -0.39 is 11.9 Å². The molecule has 0 saturated carbocycles. The van der Waals surface area contributed by atoms with Gasteiger partial charge in [-0.15, -0.1) is 0 Å². The zero-order chi connectivity index (χ0) is 20.6. The Morgan fingerprint density at radius 2 is 0.667 bits per heavy atom. The van der Waals surface area contributed by atoms with Gasteiger partial charge in [-0.05, 0) is 12.8 Å². The lowest BCUT2D eigenvalue weighted by molar-refractivity contribution is -0.138. The lowest BCUT2D eigenvalue weighted by Gasteiger charge is -2.01. The largest absolute Gasteiger partial charge is 0.481 e. The molecule has 0 aromatic rings. The molecule has 0 aromatic heterocycles. The van der Waals surface area contributed by atoms with E-state index in [1.54, 1.807) is 0 Å². The summed E-state index contributed by atoms with van der Waals surface area (Å²) in [4.78, 5) is 20.3. The first kappa shape index (κ1) is 28.2. The van der Waals surface area contributed by atoms with E-state index in [2.05, 4.69) is 13.8 Å². The van der Waals surface area contributed by atoms with Crippen molar-refractivity contribution in [3.63, 3.8) is 0 Å². The van der Waals surface area contributed by atoms with Crippen molar-refractivity contribution in [1.82, 2.24) is 0 Å². The zero-order valence-electron chi connectivity index (χ0n) is 18.1. The van der Waals surface area contributed by atoms with E-state index in [0.29, 0.717) is 12.8 Å². The fraction of sp³-hybridized carbons (Fsp3) is 0.913. The Morgan fingerprint density at radius 1 is 0.444 bits per heavy atom. The highest BCUT2D eigenvalue weighted by atomic mass is 16.4. The molecule has 0 amide bonds. The summed E-state index contributed by atoms with van der Waals surface area (Å²) in [6.07, 6.45) is 21.6. The van der Waals surface area contributed by atoms with Gasteiger partial charge in [-0.2, -0.15) is 0 Å². The van der Waals surface area contributed by atoms with E-state index in [4.69, 9.17) is 10.2 Å². The van der Waals surface area contributed by atoms with Gasteiger partial charge in [-0.1, -0.05) is 110 Å². The van der Waals surface area contributed by atoms with Gasteiger partial charge in [0.25, 0.3) is 0 Å². The Hall–Kier alpha value is -1.06. The van der Waals surface area contributed by atoms with Crippen LogP contribution in [0.3, 0.4) is 0 Å². The first-order valence-electron chi connectivity index (χ1n) is 11.5.